The van der Waals surface area contributed by atoms with E-state index in [0.29, 0.717) is 11.3 Å². The third-order valence-electron chi connectivity index (χ3n) is 3.68. The van der Waals surface area contributed by atoms with Crippen LogP contribution >= 0.6 is 11.6 Å². The van der Waals surface area contributed by atoms with Crippen LogP contribution in [0, 0.1) is 0 Å². The maximum absolute atomic E-state index is 12.1. The molecular weight excluding hydrogens is 292 g/mol. The van der Waals surface area contributed by atoms with E-state index in [1.54, 1.807) is 12.1 Å². The number of hydrogen-bond donors (Lipinski definition) is 2. The Balaban J connectivity index is 1.79. The Kier molecular flexibility index (Phi) is 3.84. The molecule has 0 unspecified atom stereocenters. The van der Waals surface area contributed by atoms with Crippen molar-refractivity contribution >= 4 is 17.5 Å². The van der Waals surface area contributed by atoms with Gasteiger partial charge in [0, 0.05) is 17.7 Å². The Hall–Kier alpha value is -2.01. The zero-order chi connectivity index (χ0) is 14.8. The summed E-state index contributed by atoms with van der Waals surface area (Å²) in [7, 11) is 0. The van der Waals surface area contributed by atoms with Gasteiger partial charge in [0.25, 0.3) is 5.91 Å². The number of aromatic nitrogens is 1. The number of amides is 1. The van der Waals surface area contributed by atoms with E-state index in [9.17, 15) is 9.90 Å². The molecule has 1 heterocycles. The minimum absolute atomic E-state index is 0.0393. The molecule has 110 valence electrons. The third-order valence-corrected chi connectivity index (χ3v) is 4.07. The highest BCUT2D eigenvalue weighted by Crippen LogP contribution is 2.34. The van der Waals surface area contributed by atoms with Crippen LogP contribution in [0.4, 0.5) is 0 Å². The van der Waals surface area contributed by atoms with E-state index in [-0.39, 0.29) is 28.4 Å². The molecule has 1 aliphatic carbocycles. The maximum atomic E-state index is 12.1. The Morgan fingerprint density at radius 3 is 2.90 bits per heavy atom. The van der Waals surface area contributed by atoms with Crippen LogP contribution in [0.15, 0.2) is 28.8 Å². The van der Waals surface area contributed by atoms with Crippen LogP contribution in [0.2, 0.25) is 5.02 Å². The summed E-state index contributed by atoms with van der Waals surface area (Å²) in [5.74, 6) is 0.0724. The van der Waals surface area contributed by atoms with Crippen molar-refractivity contribution < 1.29 is 14.4 Å². The van der Waals surface area contributed by atoms with Crippen molar-refractivity contribution in [2.45, 2.75) is 31.7 Å². The second-order valence-corrected chi connectivity index (χ2v) is 5.55. The second-order valence-electron chi connectivity index (χ2n) is 5.17. The van der Waals surface area contributed by atoms with Crippen molar-refractivity contribution in [3.8, 4) is 17.1 Å². The quantitative estimate of drug-likeness (QED) is 0.911. The van der Waals surface area contributed by atoms with Gasteiger partial charge >= 0.3 is 0 Å². The topological polar surface area (TPSA) is 75.4 Å². The predicted octanol–water partition coefficient (Wildman–Crippen LogP) is 3.37. The van der Waals surface area contributed by atoms with Gasteiger partial charge in [0.1, 0.15) is 5.75 Å². The van der Waals surface area contributed by atoms with E-state index < -0.39 is 0 Å². The molecule has 1 aromatic heterocycles. The molecular formula is C15H15ClN2O3. The Bertz CT molecular complexity index is 663. The van der Waals surface area contributed by atoms with Gasteiger partial charge in [-0.2, -0.15) is 0 Å². The van der Waals surface area contributed by atoms with E-state index in [4.69, 9.17) is 16.1 Å². The largest absolute Gasteiger partial charge is 0.506 e. The first-order valence-corrected chi connectivity index (χ1v) is 7.28. The fourth-order valence-corrected chi connectivity index (χ4v) is 2.77. The molecule has 1 amide bonds. The minimum atomic E-state index is -0.242. The van der Waals surface area contributed by atoms with Crippen LogP contribution < -0.4 is 5.32 Å². The number of carbonyl (C=O) groups excluding carboxylic acids is 1. The number of rotatable bonds is 3. The van der Waals surface area contributed by atoms with Crippen LogP contribution in [-0.4, -0.2) is 22.2 Å². The zero-order valence-electron chi connectivity index (χ0n) is 11.3. The lowest BCUT2D eigenvalue weighted by Crippen LogP contribution is -2.32. The number of benzene rings is 1. The summed E-state index contributed by atoms with van der Waals surface area (Å²) in [6, 6.07) is 6.58. The summed E-state index contributed by atoms with van der Waals surface area (Å²) in [5.41, 5.74) is 0.723. The van der Waals surface area contributed by atoms with E-state index in [1.165, 1.54) is 12.1 Å². The molecule has 2 aromatic rings. The fraction of sp³-hybridized carbons (Fsp3) is 0.333. The first kappa shape index (κ1) is 13.9. The molecule has 0 saturated heterocycles. The molecule has 0 atom stereocenters. The molecule has 21 heavy (non-hydrogen) atoms. The highest BCUT2D eigenvalue weighted by atomic mass is 35.5. The third kappa shape index (κ3) is 2.88. The second kappa shape index (κ2) is 5.77. The highest BCUT2D eigenvalue weighted by Gasteiger charge is 2.21. The van der Waals surface area contributed by atoms with Crippen LogP contribution in [-0.2, 0) is 0 Å². The molecule has 2 N–H and O–H groups in total. The standard InChI is InChI=1S/C15H15ClN2O3/c16-14-10(6-3-7-12(14)19)13-8-11(18-21-13)15(20)17-9-4-1-2-5-9/h3,6-9,19H,1-2,4-5H2,(H,17,20). The van der Waals surface area contributed by atoms with Crippen LogP contribution in [0.3, 0.4) is 0 Å². The molecule has 1 fully saturated rings. The molecule has 5 nitrogen and oxygen atoms in total. The Morgan fingerprint density at radius 1 is 1.38 bits per heavy atom. The smallest absolute Gasteiger partial charge is 0.273 e. The van der Waals surface area contributed by atoms with Crippen molar-refractivity contribution in [2.24, 2.45) is 0 Å². The van der Waals surface area contributed by atoms with Crippen molar-refractivity contribution in [2.75, 3.05) is 0 Å². The first-order chi connectivity index (χ1) is 10.1. The molecule has 0 aliphatic heterocycles. The van der Waals surface area contributed by atoms with E-state index in [1.807, 2.05) is 0 Å². The Morgan fingerprint density at radius 2 is 2.14 bits per heavy atom. The lowest BCUT2D eigenvalue weighted by atomic mass is 10.1. The summed E-state index contributed by atoms with van der Waals surface area (Å²) in [6.07, 6.45) is 4.31. The number of phenolic OH excluding ortho intramolecular Hbond substituents is 1. The van der Waals surface area contributed by atoms with Crippen LogP contribution in [0.25, 0.3) is 11.3 Å². The Labute approximate surface area is 126 Å². The summed E-state index contributed by atoms with van der Waals surface area (Å²) in [5, 5.41) is 16.5. The zero-order valence-corrected chi connectivity index (χ0v) is 12.1. The van der Waals surface area contributed by atoms with Gasteiger partial charge in [-0.1, -0.05) is 35.7 Å². The van der Waals surface area contributed by atoms with E-state index in [2.05, 4.69) is 10.5 Å². The maximum Gasteiger partial charge on any atom is 0.273 e. The molecule has 0 radical (unpaired) electrons. The van der Waals surface area contributed by atoms with E-state index in [0.717, 1.165) is 25.7 Å². The molecule has 0 spiro atoms. The summed E-state index contributed by atoms with van der Waals surface area (Å²) in [6.45, 7) is 0. The van der Waals surface area contributed by atoms with Gasteiger partial charge in [-0.25, -0.2) is 0 Å². The summed E-state index contributed by atoms with van der Waals surface area (Å²) < 4.78 is 5.17. The van der Waals surface area contributed by atoms with Gasteiger partial charge in [0.15, 0.2) is 11.5 Å². The number of aromatic hydroxyl groups is 1. The molecule has 0 bridgehead atoms. The fourth-order valence-electron chi connectivity index (χ4n) is 2.55. The monoisotopic (exact) mass is 306 g/mol. The highest BCUT2D eigenvalue weighted by molar-refractivity contribution is 6.34. The number of hydrogen-bond acceptors (Lipinski definition) is 4. The van der Waals surface area contributed by atoms with Gasteiger partial charge in [-0.15, -0.1) is 0 Å². The van der Waals surface area contributed by atoms with Gasteiger partial charge in [-0.3, -0.25) is 4.79 Å². The summed E-state index contributed by atoms with van der Waals surface area (Å²) in [4.78, 5) is 12.1. The predicted molar refractivity (Wildman–Crippen MR) is 78.3 cm³/mol. The number of carbonyl (C=O) groups is 1. The van der Waals surface area contributed by atoms with Gasteiger partial charge in [-0.05, 0) is 25.0 Å². The van der Waals surface area contributed by atoms with Gasteiger partial charge in [0.05, 0.1) is 5.02 Å². The molecule has 1 saturated carbocycles. The van der Waals surface area contributed by atoms with Crippen molar-refractivity contribution in [1.29, 1.82) is 0 Å². The molecule has 3 rings (SSSR count). The average Bonchev–Trinajstić information content (AvgIpc) is 3.12. The number of halogens is 1. The first-order valence-electron chi connectivity index (χ1n) is 6.90. The van der Waals surface area contributed by atoms with E-state index >= 15 is 0 Å². The molecule has 6 heteroatoms. The molecule has 1 aliphatic rings. The lowest BCUT2D eigenvalue weighted by molar-refractivity contribution is 0.0929. The molecule has 1 aromatic carbocycles. The number of nitrogens with one attached hydrogen (secondary N) is 1. The number of nitrogens with zero attached hydrogens (tertiary/aromatic N) is 1. The van der Waals surface area contributed by atoms with Crippen molar-refractivity contribution in [1.82, 2.24) is 10.5 Å². The van der Waals surface area contributed by atoms with Crippen molar-refractivity contribution in [3.05, 3.63) is 35.0 Å². The SMILES string of the molecule is O=C(NC1CCCC1)c1cc(-c2cccc(O)c2Cl)on1. The van der Waals surface area contributed by atoms with Crippen LogP contribution in [0.5, 0.6) is 5.75 Å². The van der Waals surface area contributed by atoms with Crippen molar-refractivity contribution in [3.63, 3.8) is 0 Å². The average molecular weight is 307 g/mol. The number of phenols is 1. The van der Waals surface area contributed by atoms with Gasteiger partial charge in [0.2, 0.25) is 0 Å². The minimum Gasteiger partial charge on any atom is -0.506 e. The lowest BCUT2D eigenvalue weighted by Gasteiger charge is -2.09. The van der Waals surface area contributed by atoms with Crippen LogP contribution in [0.1, 0.15) is 36.2 Å². The normalized spacial score (nSPS) is 15.3. The summed E-state index contributed by atoms with van der Waals surface area (Å²) >= 11 is 6.02. The van der Waals surface area contributed by atoms with Gasteiger partial charge < -0.3 is 14.9 Å².